The molecule has 7 nitrogen and oxygen atoms in total. The molecule has 1 N–H and O–H groups in total. The van der Waals surface area contributed by atoms with Gasteiger partial charge in [-0.25, -0.2) is 8.42 Å². The fraction of sp³-hybridized carbons (Fsp3) is 0.292. The third-order valence-electron chi connectivity index (χ3n) is 5.53. The molecule has 8 heteroatoms. The Bertz CT molecular complexity index is 1180. The summed E-state index contributed by atoms with van der Waals surface area (Å²) in [6.07, 6.45) is 1.12. The predicted octanol–water partition coefficient (Wildman–Crippen LogP) is 2.76. The van der Waals surface area contributed by atoms with Gasteiger partial charge >= 0.3 is 0 Å². The molecule has 1 amide bonds. The molecule has 1 saturated heterocycles. The number of morpholine rings is 1. The van der Waals surface area contributed by atoms with Crippen molar-refractivity contribution in [2.24, 2.45) is 0 Å². The second kappa shape index (κ2) is 9.58. The van der Waals surface area contributed by atoms with Gasteiger partial charge in [-0.2, -0.15) is 0 Å². The summed E-state index contributed by atoms with van der Waals surface area (Å²) in [5.41, 5.74) is 2.57. The van der Waals surface area contributed by atoms with E-state index in [-0.39, 0.29) is 12.5 Å². The number of carbonyl (C=O) groups excluding carboxylic acids is 1. The van der Waals surface area contributed by atoms with Crippen molar-refractivity contribution >= 4 is 38.1 Å². The van der Waals surface area contributed by atoms with Crippen LogP contribution in [0.4, 0.5) is 11.4 Å². The molecule has 0 radical (unpaired) electrons. The molecule has 3 aromatic carbocycles. The first kappa shape index (κ1) is 22.1. The van der Waals surface area contributed by atoms with E-state index in [1.54, 1.807) is 12.1 Å². The molecule has 1 aliphatic rings. The Morgan fingerprint density at radius 3 is 2.41 bits per heavy atom. The third-order valence-corrected chi connectivity index (χ3v) is 6.65. The van der Waals surface area contributed by atoms with Gasteiger partial charge in [0.15, 0.2) is 0 Å². The minimum atomic E-state index is -3.65. The van der Waals surface area contributed by atoms with Crippen molar-refractivity contribution in [1.29, 1.82) is 0 Å². The van der Waals surface area contributed by atoms with E-state index in [9.17, 15) is 13.2 Å². The van der Waals surface area contributed by atoms with E-state index < -0.39 is 10.0 Å². The SMILES string of the molecule is CS(=O)(=O)N(CC(=O)NCc1ccc(N2CCOCC2)cc1)c1cccc2ccccc12. The molecule has 0 atom stereocenters. The van der Waals surface area contributed by atoms with E-state index in [4.69, 9.17) is 4.74 Å². The predicted molar refractivity (Wildman–Crippen MR) is 127 cm³/mol. The Morgan fingerprint density at radius 2 is 1.69 bits per heavy atom. The van der Waals surface area contributed by atoms with Crippen molar-refractivity contribution in [2.75, 3.05) is 48.3 Å². The topological polar surface area (TPSA) is 79.0 Å². The Hall–Kier alpha value is -3.10. The lowest BCUT2D eigenvalue weighted by Crippen LogP contribution is -2.40. The van der Waals surface area contributed by atoms with Gasteiger partial charge < -0.3 is 15.0 Å². The molecule has 3 aromatic rings. The van der Waals surface area contributed by atoms with Crippen molar-refractivity contribution in [1.82, 2.24) is 5.32 Å². The van der Waals surface area contributed by atoms with Crippen LogP contribution >= 0.6 is 0 Å². The number of nitrogens with zero attached hydrogens (tertiary/aromatic N) is 2. The summed E-state index contributed by atoms with van der Waals surface area (Å²) in [5, 5.41) is 4.54. The number of amides is 1. The lowest BCUT2D eigenvalue weighted by molar-refractivity contribution is -0.119. The van der Waals surface area contributed by atoms with Gasteiger partial charge in [0.25, 0.3) is 0 Å². The zero-order valence-corrected chi connectivity index (χ0v) is 18.8. The van der Waals surface area contributed by atoms with Gasteiger partial charge in [-0.05, 0) is 29.1 Å². The van der Waals surface area contributed by atoms with Crippen LogP contribution < -0.4 is 14.5 Å². The van der Waals surface area contributed by atoms with Crippen LogP contribution in [0.5, 0.6) is 0 Å². The zero-order chi connectivity index (χ0) is 22.6. The van der Waals surface area contributed by atoms with Crippen LogP contribution in [0.2, 0.25) is 0 Å². The Labute approximate surface area is 188 Å². The lowest BCUT2D eigenvalue weighted by Gasteiger charge is -2.29. The van der Waals surface area contributed by atoms with Gasteiger partial charge in [0.05, 0.1) is 25.2 Å². The maximum Gasteiger partial charge on any atom is 0.241 e. The summed E-state index contributed by atoms with van der Waals surface area (Å²) in [7, 11) is -3.65. The molecule has 0 spiro atoms. The van der Waals surface area contributed by atoms with E-state index in [0.29, 0.717) is 12.2 Å². The third kappa shape index (κ3) is 5.20. The van der Waals surface area contributed by atoms with Gasteiger partial charge in [-0.3, -0.25) is 9.10 Å². The van der Waals surface area contributed by atoms with Crippen LogP contribution in [0, 0.1) is 0 Å². The first-order valence-electron chi connectivity index (χ1n) is 10.6. The van der Waals surface area contributed by atoms with Crippen molar-refractivity contribution in [3.05, 3.63) is 72.3 Å². The first-order chi connectivity index (χ1) is 15.4. The number of hydrogen-bond donors (Lipinski definition) is 1. The Balaban J connectivity index is 1.43. The van der Waals surface area contributed by atoms with E-state index in [2.05, 4.69) is 10.2 Å². The normalized spacial score (nSPS) is 14.3. The summed E-state index contributed by atoms with van der Waals surface area (Å²) in [6, 6.07) is 21.0. The maximum atomic E-state index is 12.7. The van der Waals surface area contributed by atoms with Crippen LogP contribution in [0.3, 0.4) is 0 Å². The number of hydrogen-bond acceptors (Lipinski definition) is 5. The molecule has 0 saturated carbocycles. The van der Waals surface area contributed by atoms with E-state index in [1.807, 2.05) is 54.6 Å². The van der Waals surface area contributed by atoms with Gasteiger partial charge in [0.1, 0.15) is 6.54 Å². The summed E-state index contributed by atoms with van der Waals surface area (Å²) >= 11 is 0. The molecule has 1 aliphatic heterocycles. The highest BCUT2D eigenvalue weighted by atomic mass is 32.2. The second-order valence-corrected chi connectivity index (χ2v) is 9.72. The van der Waals surface area contributed by atoms with Crippen LogP contribution in [0.25, 0.3) is 10.8 Å². The minimum absolute atomic E-state index is 0.279. The lowest BCUT2D eigenvalue weighted by atomic mass is 10.1. The number of carbonyl (C=O) groups is 1. The molecule has 1 fully saturated rings. The van der Waals surface area contributed by atoms with Gasteiger partial charge in [0.2, 0.25) is 15.9 Å². The van der Waals surface area contributed by atoms with Crippen LogP contribution in [0.1, 0.15) is 5.56 Å². The highest BCUT2D eigenvalue weighted by Gasteiger charge is 2.22. The van der Waals surface area contributed by atoms with Crippen molar-refractivity contribution in [2.45, 2.75) is 6.54 Å². The van der Waals surface area contributed by atoms with E-state index in [0.717, 1.165) is 58.9 Å². The molecule has 0 unspecified atom stereocenters. The van der Waals surface area contributed by atoms with Crippen molar-refractivity contribution in [3.8, 4) is 0 Å². The molecule has 1 heterocycles. The largest absolute Gasteiger partial charge is 0.378 e. The summed E-state index contributed by atoms with van der Waals surface area (Å²) < 4.78 is 31.6. The fourth-order valence-electron chi connectivity index (χ4n) is 3.84. The Kier molecular flexibility index (Phi) is 6.62. The molecule has 0 aliphatic carbocycles. The first-order valence-corrected chi connectivity index (χ1v) is 12.4. The molecule has 0 bridgehead atoms. The van der Waals surface area contributed by atoms with Crippen LogP contribution in [-0.2, 0) is 26.1 Å². The quantitative estimate of drug-likeness (QED) is 0.595. The number of fused-ring (bicyclic) bond motifs is 1. The fourth-order valence-corrected chi connectivity index (χ4v) is 4.71. The second-order valence-electron chi connectivity index (χ2n) is 7.81. The number of anilines is 2. The summed E-state index contributed by atoms with van der Waals surface area (Å²) in [6.45, 7) is 3.24. The molecule has 32 heavy (non-hydrogen) atoms. The number of rotatable bonds is 7. The highest BCUT2D eigenvalue weighted by Crippen LogP contribution is 2.28. The average molecular weight is 454 g/mol. The molecule has 4 rings (SSSR count). The molecular weight excluding hydrogens is 426 g/mol. The zero-order valence-electron chi connectivity index (χ0n) is 18.0. The Morgan fingerprint density at radius 1 is 1.00 bits per heavy atom. The smallest absolute Gasteiger partial charge is 0.241 e. The van der Waals surface area contributed by atoms with Gasteiger partial charge in [-0.1, -0.05) is 48.5 Å². The maximum absolute atomic E-state index is 12.7. The van der Waals surface area contributed by atoms with Gasteiger partial charge in [-0.15, -0.1) is 0 Å². The number of nitrogens with one attached hydrogen (secondary N) is 1. The van der Waals surface area contributed by atoms with Gasteiger partial charge in [0, 0.05) is 30.7 Å². The highest BCUT2D eigenvalue weighted by molar-refractivity contribution is 7.92. The standard InChI is InChI=1S/C24H27N3O4S/c1-32(29,30)27(23-8-4-6-20-5-2-3-7-22(20)23)18-24(28)25-17-19-9-11-21(12-10-19)26-13-15-31-16-14-26/h2-12H,13-18H2,1H3,(H,25,28). The number of sulfonamides is 1. The molecule has 0 aromatic heterocycles. The summed E-state index contributed by atoms with van der Waals surface area (Å²) in [5.74, 6) is -0.361. The monoisotopic (exact) mass is 453 g/mol. The number of benzene rings is 3. The van der Waals surface area contributed by atoms with E-state index in [1.165, 1.54) is 0 Å². The molecular formula is C24H27N3O4S. The van der Waals surface area contributed by atoms with Crippen LogP contribution in [0.15, 0.2) is 66.7 Å². The van der Waals surface area contributed by atoms with Crippen molar-refractivity contribution in [3.63, 3.8) is 0 Å². The van der Waals surface area contributed by atoms with Crippen molar-refractivity contribution < 1.29 is 17.9 Å². The average Bonchev–Trinajstić information content (AvgIpc) is 2.81. The minimum Gasteiger partial charge on any atom is -0.378 e. The molecule has 168 valence electrons. The van der Waals surface area contributed by atoms with E-state index >= 15 is 0 Å². The summed E-state index contributed by atoms with van der Waals surface area (Å²) in [4.78, 5) is 14.9. The number of ether oxygens (including phenoxy) is 1. The van der Waals surface area contributed by atoms with Crippen LogP contribution in [-0.4, -0.2) is 53.4 Å².